The first kappa shape index (κ1) is 19.0. The standard InChI is InChI=1S/C21H32N2O3/c1-25-20-14-17(15-22-18-8-4-2-3-5-9-18)10-11-19(20)26-16-21(24)23-12-6-7-13-23/h10-11,14,18,22H,2-9,12-13,15-16H2,1H3. The minimum absolute atomic E-state index is 0.0589. The van der Waals surface area contributed by atoms with Crippen molar-refractivity contribution in [1.29, 1.82) is 0 Å². The first-order valence-electron chi connectivity index (χ1n) is 10.1. The molecule has 0 bridgehead atoms. The Morgan fingerprint density at radius 3 is 2.50 bits per heavy atom. The largest absolute Gasteiger partial charge is 0.493 e. The van der Waals surface area contributed by atoms with Gasteiger partial charge in [0.25, 0.3) is 5.91 Å². The lowest BCUT2D eigenvalue weighted by Gasteiger charge is -2.18. The minimum atomic E-state index is 0.0589. The topological polar surface area (TPSA) is 50.8 Å². The number of hydrogen-bond acceptors (Lipinski definition) is 4. The highest BCUT2D eigenvalue weighted by molar-refractivity contribution is 5.78. The van der Waals surface area contributed by atoms with Crippen molar-refractivity contribution in [2.45, 2.75) is 64.0 Å². The van der Waals surface area contributed by atoms with E-state index in [-0.39, 0.29) is 12.5 Å². The van der Waals surface area contributed by atoms with Crippen molar-refractivity contribution in [3.05, 3.63) is 23.8 Å². The van der Waals surface area contributed by atoms with Crippen LogP contribution in [0.4, 0.5) is 0 Å². The van der Waals surface area contributed by atoms with Crippen molar-refractivity contribution >= 4 is 5.91 Å². The molecule has 0 unspecified atom stereocenters. The second-order valence-corrected chi connectivity index (χ2v) is 7.43. The summed E-state index contributed by atoms with van der Waals surface area (Å²) < 4.78 is 11.2. The zero-order valence-electron chi connectivity index (χ0n) is 16.0. The summed E-state index contributed by atoms with van der Waals surface area (Å²) in [5.74, 6) is 1.39. The first-order valence-corrected chi connectivity index (χ1v) is 10.1. The van der Waals surface area contributed by atoms with Gasteiger partial charge in [-0.15, -0.1) is 0 Å². The fraction of sp³-hybridized carbons (Fsp3) is 0.667. The summed E-state index contributed by atoms with van der Waals surface area (Å²) in [5, 5.41) is 3.68. The number of nitrogens with zero attached hydrogens (tertiary/aromatic N) is 1. The highest BCUT2D eigenvalue weighted by atomic mass is 16.5. The normalized spacial score (nSPS) is 18.6. The van der Waals surface area contributed by atoms with Crippen molar-refractivity contribution < 1.29 is 14.3 Å². The summed E-state index contributed by atoms with van der Waals surface area (Å²) in [7, 11) is 1.65. The Balaban J connectivity index is 1.52. The monoisotopic (exact) mass is 360 g/mol. The van der Waals surface area contributed by atoms with E-state index in [0.29, 0.717) is 17.5 Å². The van der Waals surface area contributed by atoms with Crippen molar-refractivity contribution in [3.8, 4) is 11.5 Å². The van der Waals surface area contributed by atoms with Crippen molar-refractivity contribution in [1.82, 2.24) is 10.2 Å². The van der Waals surface area contributed by atoms with Crippen molar-refractivity contribution in [2.24, 2.45) is 0 Å². The van der Waals surface area contributed by atoms with Crippen LogP contribution in [0.5, 0.6) is 11.5 Å². The molecule has 1 amide bonds. The second kappa shape index (κ2) is 9.81. The van der Waals surface area contributed by atoms with Gasteiger partial charge >= 0.3 is 0 Å². The molecule has 0 spiro atoms. The number of amides is 1. The molecule has 0 radical (unpaired) electrons. The van der Waals surface area contributed by atoms with Gasteiger partial charge in [-0.25, -0.2) is 0 Å². The van der Waals surface area contributed by atoms with E-state index in [1.54, 1.807) is 7.11 Å². The average Bonchev–Trinajstić information content (AvgIpc) is 3.09. The molecule has 1 aliphatic carbocycles. The molecule has 1 aliphatic heterocycles. The van der Waals surface area contributed by atoms with Gasteiger partial charge in [-0.3, -0.25) is 4.79 Å². The van der Waals surface area contributed by atoms with E-state index >= 15 is 0 Å². The summed E-state index contributed by atoms with van der Waals surface area (Å²) in [5.41, 5.74) is 1.18. The first-order chi connectivity index (χ1) is 12.8. The number of hydrogen-bond donors (Lipinski definition) is 1. The molecule has 2 aliphatic rings. The van der Waals surface area contributed by atoms with Crippen LogP contribution in [-0.2, 0) is 11.3 Å². The van der Waals surface area contributed by atoms with Crippen LogP contribution in [0.1, 0.15) is 56.9 Å². The van der Waals surface area contributed by atoms with Crippen LogP contribution in [0.3, 0.4) is 0 Å². The summed E-state index contributed by atoms with van der Waals surface area (Å²) >= 11 is 0. The molecular weight excluding hydrogens is 328 g/mol. The molecule has 1 N–H and O–H groups in total. The Hall–Kier alpha value is -1.75. The van der Waals surface area contributed by atoms with E-state index in [0.717, 1.165) is 32.5 Å². The molecule has 1 aromatic carbocycles. The molecule has 1 aromatic rings. The van der Waals surface area contributed by atoms with Crippen LogP contribution in [-0.4, -0.2) is 43.7 Å². The molecule has 1 heterocycles. The molecule has 144 valence electrons. The SMILES string of the molecule is COc1cc(CNC2CCCCCC2)ccc1OCC(=O)N1CCCC1. The minimum Gasteiger partial charge on any atom is -0.493 e. The number of ether oxygens (including phenoxy) is 2. The molecule has 0 aromatic heterocycles. The van der Waals surface area contributed by atoms with Crippen molar-refractivity contribution in [3.63, 3.8) is 0 Å². The zero-order valence-corrected chi connectivity index (χ0v) is 16.0. The van der Waals surface area contributed by atoms with Gasteiger partial charge in [0.15, 0.2) is 18.1 Å². The van der Waals surface area contributed by atoms with Crippen LogP contribution in [0.25, 0.3) is 0 Å². The maximum Gasteiger partial charge on any atom is 0.260 e. The lowest BCUT2D eigenvalue weighted by Crippen LogP contribution is -2.32. The number of likely N-dealkylation sites (tertiary alicyclic amines) is 1. The smallest absolute Gasteiger partial charge is 0.260 e. The maximum absolute atomic E-state index is 12.1. The van der Waals surface area contributed by atoms with E-state index in [4.69, 9.17) is 9.47 Å². The Morgan fingerprint density at radius 1 is 1.08 bits per heavy atom. The predicted molar refractivity (Wildman–Crippen MR) is 103 cm³/mol. The Morgan fingerprint density at radius 2 is 1.81 bits per heavy atom. The molecule has 3 rings (SSSR count). The van der Waals surface area contributed by atoms with Gasteiger partial charge in [0.05, 0.1) is 7.11 Å². The molecule has 0 atom stereocenters. The van der Waals surface area contributed by atoms with Gasteiger partial charge in [-0.1, -0.05) is 31.7 Å². The van der Waals surface area contributed by atoms with Crippen LogP contribution < -0.4 is 14.8 Å². The second-order valence-electron chi connectivity index (χ2n) is 7.43. The van der Waals surface area contributed by atoms with Crippen LogP contribution in [0.2, 0.25) is 0 Å². The zero-order chi connectivity index (χ0) is 18.2. The third-order valence-corrected chi connectivity index (χ3v) is 5.49. The van der Waals surface area contributed by atoms with E-state index in [9.17, 15) is 4.79 Å². The lowest BCUT2D eigenvalue weighted by molar-refractivity contribution is -0.132. The highest BCUT2D eigenvalue weighted by Gasteiger charge is 2.19. The lowest BCUT2D eigenvalue weighted by atomic mass is 10.1. The molecule has 5 heteroatoms. The van der Waals surface area contributed by atoms with E-state index in [1.807, 2.05) is 17.0 Å². The number of carbonyl (C=O) groups is 1. The summed E-state index contributed by atoms with van der Waals surface area (Å²) in [6.45, 7) is 2.63. The third kappa shape index (κ3) is 5.37. The Labute approximate surface area is 157 Å². The summed E-state index contributed by atoms with van der Waals surface area (Å²) in [6.07, 6.45) is 10.1. The molecule has 1 saturated carbocycles. The fourth-order valence-electron chi connectivity index (χ4n) is 3.88. The van der Waals surface area contributed by atoms with Gasteiger partial charge < -0.3 is 19.7 Å². The van der Waals surface area contributed by atoms with E-state index in [1.165, 1.54) is 44.1 Å². The third-order valence-electron chi connectivity index (χ3n) is 5.49. The number of methoxy groups -OCH3 is 1. The Kier molecular flexibility index (Phi) is 7.18. The highest BCUT2D eigenvalue weighted by Crippen LogP contribution is 2.28. The summed E-state index contributed by atoms with van der Waals surface area (Å²) in [6, 6.07) is 6.61. The van der Waals surface area contributed by atoms with Crippen LogP contribution >= 0.6 is 0 Å². The van der Waals surface area contributed by atoms with Gasteiger partial charge in [0.1, 0.15) is 0 Å². The van der Waals surface area contributed by atoms with Gasteiger partial charge in [0, 0.05) is 25.7 Å². The fourth-order valence-corrected chi connectivity index (χ4v) is 3.88. The Bertz CT molecular complexity index is 577. The van der Waals surface area contributed by atoms with Crippen LogP contribution in [0.15, 0.2) is 18.2 Å². The predicted octanol–water partition coefficient (Wildman–Crippen LogP) is 3.51. The van der Waals surface area contributed by atoms with E-state index in [2.05, 4.69) is 11.4 Å². The molecule has 2 fully saturated rings. The number of benzene rings is 1. The van der Waals surface area contributed by atoms with Crippen LogP contribution in [0, 0.1) is 0 Å². The van der Waals surface area contributed by atoms with Gasteiger partial charge in [-0.2, -0.15) is 0 Å². The van der Waals surface area contributed by atoms with Gasteiger partial charge in [-0.05, 0) is 43.4 Å². The summed E-state index contributed by atoms with van der Waals surface area (Å²) in [4.78, 5) is 14.0. The quantitative estimate of drug-likeness (QED) is 0.756. The van der Waals surface area contributed by atoms with Crippen molar-refractivity contribution in [2.75, 3.05) is 26.8 Å². The number of carbonyl (C=O) groups excluding carboxylic acids is 1. The molecule has 26 heavy (non-hydrogen) atoms. The average molecular weight is 360 g/mol. The molecular formula is C21H32N2O3. The van der Waals surface area contributed by atoms with E-state index < -0.39 is 0 Å². The number of nitrogens with one attached hydrogen (secondary N) is 1. The molecule has 5 nitrogen and oxygen atoms in total. The molecule has 1 saturated heterocycles. The number of rotatable bonds is 7. The van der Waals surface area contributed by atoms with Gasteiger partial charge in [0.2, 0.25) is 0 Å². The maximum atomic E-state index is 12.1.